The van der Waals surface area contributed by atoms with E-state index in [2.05, 4.69) is 69.2 Å². The summed E-state index contributed by atoms with van der Waals surface area (Å²) in [5.74, 6) is 0.518. The lowest BCUT2D eigenvalue weighted by molar-refractivity contribution is -0.107. The molecule has 0 amide bonds. The minimum Gasteiger partial charge on any atom is -0.361 e. The molecule has 3 rings (SSSR count). The number of aromatic nitrogens is 1. The van der Waals surface area contributed by atoms with Gasteiger partial charge in [-0.3, -0.25) is 0 Å². The fraction of sp³-hybridized carbons (Fsp3) is 0.348. The molecule has 2 nitrogen and oxygen atoms in total. The SMILES string of the molecule is Cc1cc(CCC=O)cc(C)c1Cc1ccc2[nH]cc(C(C)C)c2c1. The van der Waals surface area contributed by atoms with Crippen LogP contribution in [0.3, 0.4) is 0 Å². The Morgan fingerprint density at radius 2 is 1.76 bits per heavy atom. The maximum atomic E-state index is 10.6. The average Bonchev–Trinajstić information content (AvgIpc) is 2.99. The molecule has 0 saturated heterocycles. The largest absolute Gasteiger partial charge is 0.361 e. The van der Waals surface area contributed by atoms with Gasteiger partial charge in [0.1, 0.15) is 6.29 Å². The van der Waals surface area contributed by atoms with Crippen LogP contribution in [0, 0.1) is 13.8 Å². The van der Waals surface area contributed by atoms with Gasteiger partial charge in [0.25, 0.3) is 0 Å². The van der Waals surface area contributed by atoms with E-state index in [0.717, 1.165) is 19.1 Å². The molecule has 3 aromatic rings. The van der Waals surface area contributed by atoms with Crippen molar-refractivity contribution in [2.45, 2.75) is 52.9 Å². The van der Waals surface area contributed by atoms with Crippen molar-refractivity contribution >= 4 is 17.2 Å². The smallest absolute Gasteiger partial charge is 0.120 e. The molecule has 0 saturated carbocycles. The second-order valence-electron chi connectivity index (χ2n) is 7.37. The fourth-order valence-corrected chi connectivity index (χ4v) is 3.71. The number of aldehydes is 1. The van der Waals surface area contributed by atoms with Crippen LogP contribution in [0.5, 0.6) is 0 Å². The van der Waals surface area contributed by atoms with E-state index >= 15 is 0 Å². The van der Waals surface area contributed by atoms with Gasteiger partial charge in [0.15, 0.2) is 0 Å². The Morgan fingerprint density at radius 1 is 1.04 bits per heavy atom. The lowest BCUT2D eigenvalue weighted by Crippen LogP contribution is -1.99. The molecular formula is C23H27NO. The number of carbonyl (C=O) groups is 1. The monoisotopic (exact) mass is 333 g/mol. The minimum atomic E-state index is 0.518. The molecule has 0 radical (unpaired) electrons. The van der Waals surface area contributed by atoms with Crippen molar-refractivity contribution < 1.29 is 4.79 Å². The van der Waals surface area contributed by atoms with Crippen LogP contribution in [0.1, 0.15) is 59.6 Å². The third kappa shape index (κ3) is 3.68. The van der Waals surface area contributed by atoms with E-state index in [4.69, 9.17) is 0 Å². The van der Waals surface area contributed by atoms with Crippen molar-refractivity contribution in [3.63, 3.8) is 0 Å². The van der Waals surface area contributed by atoms with Crippen LogP contribution in [-0.4, -0.2) is 11.3 Å². The highest BCUT2D eigenvalue weighted by Gasteiger charge is 2.10. The summed E-state index contributed by atoms with van der Waals surface area (Å²) in [5, 5.41) is 1.34. The normalized spacial score (nSPS) is 11.4. The van der Waals surface area contributed by atoms with Crippen LogP contribution >= 0.6 is 0 Å². The van der Waals surface area contributed by atoms with E-state index in [9.17, 15) is 4.79 Å². The Balaban J connectivity index is 1.93. The van der Waals surface area contributed by atoms with Gasteiger partial charge >= 0.3 is 0 Å². The Hall–Kier alpha value is -2.35. The Kier molecular flexibility index (Phi) is 5.08. The van der Waals surface area contributed by atoms with Gasteiger partial charge in [-0.25, -0.2) is 0 Å². The van der Waals surface area contributed by atoms with Gasteiger partial charge in [-0.15, -0.1) is 0 Å². The van der Waals surface area contributed by atoms with Gasteiger partial charge in [-0.2, -0.15) is 0 Å². The molecule has 1 heterocycles. The number of hydrogen-bond donors (Lipinski definition) is 1. The van der Waals surface area contributed by atoms with Gasteiger partial charge in [0.2, 0.25) is 0 Å². The Morgan fingerprint density at radius 3 is 2.40 bits per heavy atom. The Labute approximate surface area is 150 Å². The van der Waals surface area contributed by atoms with Crippen LogP contribution in [-0.2, 0) is 17.6 Å². The third-order valence-electron chi connectivity index (χ3n) is 5.09. The van der Waals surface area contributed by atoms with Crippen LogP contribution in [0.25, 0.3) is 10.9 Å². The van der Waals surface area contributed by atoms with Crippen molar-refractivity contribution in [3.8, 4) is 0 Å². The highest BCUT2D eigenvalue weighted by molar-refractivity contribution is 5.84. The molecule has 0 bridgehead atoms. The zero-order valence-electron chi connectivity index (χ0n) is 15.6. The molecule has 2 aromatic carbocycles. The fourth-order valence-electron chi connectivity index (χ4n) is 3.71. The van der Waals surface area contributed by atoms with Crippen molar-refractivity contribution in [3.05, 3.63) is 69.9 Å². The number of nitrogens with one attached hydrogen (secondary N) is 1. The molecule has 0 aliphatic rings. The van der Waals surface area contributed by atoms with E-state index in [-0.39, 0.29) is 0 Å². The summed E-state index contributed by atoms with van der Waals surface area (Å²) in [6.45, 7) is 8.84. The number of aryl methyl sites for hydroxylation is 3. The van der Waals surface area contributed by atoms with E-state index in [1.807, 2.05) is 0 Å². The standard InChI is InChI=1S/C23H27NO/c1-15(2)22-14-24-23-8-7-19(13-21(22)23)12-20-16(3)10-18(6-5-9-25)11-17(20)4/h7-11,13-15,24H,5-6,12H2,1-4H3. The molecular weight excluding hydrogens is 306 g/mol. The Bertz CT molecular complexity index is 879. The molecule has 0 unspecified atom stereocenters. The van der Waals surface area contributed by atoms with Gasteiger partial charge in [0, 0.05) is 23.5 Å². The van der Waals surface area contributed by atoms with Crippen molar-refractivity contribution in [1.29, 1.82) is 0 Å². The first kappa shape index (κ1) is 17.5. The molecule has 0 fully saturated rings. The second-order valence-corrected chi connectivity index (χ2v) is 7.37. The number of carbonyl (C=O) groups excluding carboxylic acids is 1. The molecule has 0 atom stereocenters. The van der Waals surface area contributed by atoms with Gasteiger partial charge in [-0.1, -0.05) is 32.0 Å². The molecule has 2 heteroatoms. The lowest BCUT2D eigenvalue weighted by Gasteiger charge is -2.13. The average molecular weight is 333 g/mol. The first-order valence-electron chi connectivity index (χ1n) is 9.12. The molecule has 1 N–H and O–H groups in total. The van der Waals surface area contributed by atoms with E-state index in [0.29, 0.717) is 12.3 Å². The van der Waals surface area contributed by atoms with Crippen LogP contribution in [0.2, 0.25) is 0 Å². The summed E-state index contributed by atoms with van der Waals surface area (Å²) in [6, 6.07) is 11.2. The molecule has 0 aliphatic heterocycles. The number of aromatic amines is 1. The number of hydrogen-bond acceptors (Lipinski definition) is 1. The van der Waals surface area contributed by atoms with Crippen molar-refractivity contribution in [1.82, 2.24) is 4.98 Å². The van der Waals surface area contributed by atoms with E-state index in [1.165, 1.54) is 44.3 Å². The predicted molar refractivity (Wildman–Crippen MR) is 105 cm³/mol. The zero-order valence-corrected chi connectivity index (χ0v) is 15.6. The molecule has 130 valence electrons. The lowest BCUT2D eigenvalue weighted by atomic mass is 9.92. The predicted octanol–water partition coefficient (Wildman–Crippen LogP) is 5.63. The molecule has 1 aromatic heterocycles. The van der Waals surface area contributed by atoms with Crippen molar-refractivity contribution in [2.75, 3.05) is 0 Å². The summed E-state index contributed by atoms with van der Waals surface area (Å²) in [5.41, 5.74) is 9.24. The minimum absolute atomic E-state index is 0.518. The summed E-state index contributed by atoms with van der Waals surface area (Å²) < 4.78 is 0. The summed E-state index contributed by atoms with van der Waals surface area (Å²) in [4.78, 5) is 14.0. The third-order valence-corrected chi connectivity index (χ3v) is 5.09. The first-order valence-corrected chi connectivity index (χ1v) is 9.12. The van der Waals surface area contributed by atoms with Crippen LogP contribution in [0.4, 0.5) is 0 Å². The van der Waals surface area contributed by atoms with Gasteiger partial charge < -0.3 is 9.78 Å². The number of fused-ring (bicyclic) bond motifs is 1. The first-order chi connectivity index (χ1) is 12.0. The number of rotatable bonds is 6. The zero-order chi connectivity index (χ0) is 18.0. The van der Waals surface area contributed by atoms with Gasteiger partial charge in [-0.05, 0) is 78.1 Å². The highest BCUT2D eigenvalue weighted by atomic mass is 16.1. The highest BCUT2D eigenvalue weighted by Crippen LogP contribution is 2.28. The van der Waals surface area contributed by atoms with Crippen LogP contribution < -0.4 is 0 Å². The van der Waals surface area contributed by atoms with Crippen molar-refractivity contribution in [2.24, 2.45) is 0 Å². The van der Waals surface area contributed by atoms with E-state index < -0.39 is 0 Å². The topological polar surface area (TPSA) is 32.9 Å². The second kappa shape index (κ2) is 7.26. The molecule has 0 aliphatic carbocycles. The maximum absolute atomic E-state index is 10.6. The van der Waals surface area contributed by atoms with Crippen LogP contribution in [0.15, 0.2) is 36.5 Å². The molecule has 25 heavy (non-hydrogen) atoms. The van der Waals surface area contributed by atoms with E-state index in [1.54, 1.807) is 0 Å². The molecule has 0 spiro atoms. The number of H-pyrrole nitrogens is 1. The summed E-state index contributed by atoms with van der Waals surface area (Å²) in [7, 11) is 0. The number of benzene rings is 2. The van der Waals surface area contributed by atoms with Gasteiger partial charge in [0.05, 0.1) is 0 Å². The summed E-state index contributed by atoms with van der Waals surface area (Å²) >= 11 is 0. The summed E-state index contributed by atoms with van der Waals surface area (Å²) in [6.07, 6.45) is 5.51. The maximum Gasteiger partial charge on any atom is 0.120 e. The quantitative estimate of drug-likeness (QED) is 0.583.